The van der Waals surface area contributed by atoms with Crippen molar-refractivity contribution >= 4 is 34.2 Å². The molecule has 0 saturated carbocycles. The van der Waals surface area contributed by atoms with E-state index in [-0.39, 0.29) is 5.91 Å². The van der Waals surface area contributed by atoms with Crippen molar-refractivity contribution in [1.82, 2.24) is 4.90 Å². The maximum Gasteiger partial charge on any atom is 0.266 e. The quantitative estimate of drug-likeness (QED) is 0.462. The highest BCUT2D eigenvalue weighted by Gasteiger charge is 2.32. The molecule has 1 amide bonds. The van der Waals surface area contributed by atoms with Crippen LogP contribution in [-0.4, -0.2) is 22.2 Å². The zero-order chi connectivity index (χ0) is 16.2. The number of thioether (sulfide) groups is 1. The van der Waals surface area contributed by atoms with E-state index < -0.39 is 0 Å². The van der Waals surface area contributed by atoms with Crippen molar-refractivity contribution in [2.45, 2.75) is 25.8 Å². The number of carbonyl (C=O) groups excluding carboxylic acids is 1. The molecule has 0 bridgehead atoms. The number of nitrogens with zero attached hydrogens (tertiary/aromatic N) is 1. The summed E-state index contributed by atoms with van der Waals surface area (Å²) in [5.74, 6) is 1.30. The van der Waals surface area contributed by atoms with Gasteiger partial charge in [-0.2, -0.15) is 0 Å². The average molecular weight is 345 g/mol. The molecule has 0 spiro atoms. The highest BCUT2D eigenvalue weighted by molar-refractivity contribution is 8.26. The van der Waals surface area contributed by atoms with Crippen LogP contribution >= 0.6 is 24.0 Å². The number of hydrogen-bond acceptors (Lipinski definition) is 4. The lowest BCUT2D eigenvalue weighted by atomic mass is 9.94. The highest BCUT2D eigenvalue weighted by Crippen LogP contribution is 2.34. The Morgan fingerprint density at radius 3 is 2.78 bits per heavy atom. The summed E-state index contributed by atoms with van der Waals surface area (Å²) in [5, 5.41) is 0. The molecule has 3 nitrogen and oxygen atoms in total. The first-order valence-corrected chi connectivity index (χ1v) is 8.93. The van der Waals surface area contributed by atoms with Gasteiger partial charge in [-0.25, -0.2) is 0 Å². The maximum absolute atomic E-state index is 12.6. The van der Waals surface area contributed by atoms with Gasteiger partial charge in [-0.3, -0.25) is 9.69 Å². The fourth-order valence-electron chi connectivity index (χ4n) is 2.75. The SMILES string of the molecule is COc1ccc(CN2C(=O)/C(=C/[C@@H]3CC=CCC3)SC2=S)cc1. The lowest BCUT2D eigenvalue weighted by Gasteiger charge is -2.15. The first-order valence-electron chi connectivity index (χ1n) is 7.71. The van der Waals surface area contributed by atoms with E-state index in [2.05, 4.69) is 18.2 Å². The summed E-state index contributed by atoms with van der Waals surface area (Å²) in [6.07, 6.45) is 9.73. The first kappa shape index (κ1) is 16.3. The van der Waals surface area contributed by atoms with Crippen LogP contribution in [0.25, 0.3) is 0 Å². The number of amides is 1. The minimum Gasteiger partial charge on any atom is -0.497 e. The third kappa shape index (κ3) is 3.85. The molecule has 120 valence electrons. The standard InChI is InChI=1S/C18H19NO2S2/c1-21-15-9-7-14(8-10-15)12-19-17(20)16(23-18(19)22)11-13-5-3-2-4-6-13/h2-3,7-11,13H,4-6,12H2,1H3/b16-11-/t13-/m1/s1. The molecule has 5 heteroatoms. The van der Waals surface area contributed by atoms with E-state index in [4.69, 9.17) is 17.0 Å². The zero-order valence-electron chi connectivity index (χ0n) is 13.0. The molecule has 0 N–H and O–H groups in total. The van der Waals surface area contributed by atoms with E-state index in [1.54, 1.807) is 12.0 Å². The van der Waals surface area contributed by atoms with Crippen LogP contribution in [0.3, 0.4) is 0 Å². The van der Waals surface area contributed by atoms with Gasteiger partial charge >= 0.3 is 0 Å². The smallest absolute Gasteiger partial charge is 0.266 e. The molecule has 1 aromatic carbocycles. The summed E-state index contributed by atoms with van der Waals surface area (Å²) < 4.78 is 5.80. The number of methoxy groups -OCH3 is 1. The van der Waals surface area contributed by atoms with Gasteiger partial charge in [0.2, 0.25) is 0 Å². The van der Waals surface area contributed by atoms with Gasteiger partial charge < -0.3 is 4.74 Å². The van der Waals surface area contributed by atoms with E-state index in [0.29, 0.717) is 16.8 Å². The molecule has 1 heterocycles. The Labute approximate surface area is 146 Å². The average Bonchev–Trinajstić information content (AvgIpc) is 2.84. The van der Waals surface area contributed by atoms with E-state index in [1.165, 1.54) is 11.8 Å². The first-order chi connectivity index (χ1) is 11.2. The number of ether oxygens (including phenoxy) is 1. The zero-order valence-corrected chi connectivity index (χ0v) is 14.7. The molecular weight excluding hydrogens is 326 g/mol. The summed E-state index contributed by atoms with van der Waals surface area (Å²) in [6, 6.07) is 7.73. The normalized spacial score (nSPS) is 22.9. The van der Waals surface area contributed by atoms with Gasteiger partial charge in [0.25, 0.3) is 5.91 Å². The van der Waals surface area contributed by atoms with Crippen LogP contribution in [0.1, 0.15) is 24.8 Å². The minimum absolute atomic E-state index is 0.0328. The monoisotopic (exact) mass is 345 g/mol. The Hall–Kier alpha value is -1.59. The van der Waals surface area contributed by atoms with Crippen molar-refractivity contribution in [2.75, 3.05) is 7.11 Å². The van der Waals surface area contributed by atoms with Crippen LogP contribution in [0.5, 0.6) is 5.75 Å². The lowest BCUT2D eigenvalue weighted by molar-refractivity contribution is -0.122. The summed E-state index contributed by atoms with van der Waals surface area (Å²) in [4.78, 5) is 15.1. The molecule has 1 fully saturated rings. The van der Waals surface area contributed by atoms with Crippen LogP contribution in [0.15, 0.2) is 47.4 Å². The molecule has 23 heavy (non-hydrogen) atoms. The third-order valence-corrected chi connectivity index (χ3v) is 5.47. The summed E-state index contributed by atoms with van der Waals surface area (Å²) in [6.45, 7) is 0.510. The van der Waals surface area contributed by atoms with Gasteiger partial charge in [-0.1, -0.05) is 54.3 Å². The fourth-order valence-corrected chi connectivity index (χ4v) is 4.07. The van der Waals surface area contributed by atoms with E-state index in [1.807, 2.05) is 24.3 Å². The topological polar surface area (TPSA) is 29.5 Å². The number of allylic oxidation sites excluding steroid dienone is 3. The van der Waals surface area contributed by atoms with Crippen LogP contribution in [-0.2, 0) is 11.3 Å². The molecular formula is C18H19NO2S2. The van der Waals surface area contributed by atoms with Crippen molar-refractivity contribution in [3.05, 3.63) is 53.0 Å². The molecule has 0 unspecified atom stereocenters. The van der Waals surface area contributed by atoms with Crippen molar-refractivity contribution < 1.29 is 9.53 Å². The number of carbonyl (C=O) groups is 1. The van der Waals surface area contributed by atoms with Gasteiger partial charge in [-0.15, -0.1) is 0 Å². The van der Waals surface area contributed by atoms with Crippen molar-refractivity contribution in [2.24, 2.45) is 5.92 Å². The Bertz CT molecular complexity index is 664. The predicted molar refractivity (Wildman–Crippen MR) is 98.3 cm³/mol. The van der Waals surface area contributed by atoms with E-state index in [9.17, 15) is 4.79 Å². The number of thiocarbonyl (C=S) groups is 1. The molecule has 3 rings (SSSR count). The van der Waals surface area contributed by atoms with Gasteiger partial charge in [0.15, 0.2) is 0 Å². The minimum atomic E-state index is 0.0328. The number of hydrogen-bond donors (Lipinski definition) is 0. The molecule has 0 radical (unpaired) electrons. The number of benzene rings is 1. The van der Waals surface area contributed by atoms with Crippen LogP contribution in [0.4, 0.5) is 0 Å². The van der Waals surface area contributed by atoms with Gasteiger partial charge in [0, 0.05) is 0 Å². The Kier molecular flexibility index (Phi) is 5.18. The second kappa shape index (κ2) is 7.32. The predicted octanol–water partition coefficient (Wildman–Crippen LogP) is 4.30. The van der Waals surface area contributed by atoms with Crippen LogP contribution in [0.2, 0.25) is 0 Å². The Balaban J connectivity index is 1.70. The summed E-state index contributed by atoms with van der Waals surface area (Å²) >= 11 is 6.82. The van der Waals surface area contributed by atoms with Gasteiger partial charge in [0.1, 0.15) is 10.1 Å². The Morgan fingerprint density at radius 2 is 2.13 bits per heavy atom. The maximum atomic E-state index is 12.6. The fraction of sp³-hybridized carbons (Fsp3) is 0.333. The number of rotatable bonds is 4. The molecule has 1 atom stereocenters. The lowest BCUT2D eigenvalue weighted by Crippen LogP contribution is -2.27. The van der Waals surface area contributed by atoms with Crippen molar-refractivity contribution in [3.63, 3.8) is 0 Å². The summed E-state index contributed by atoms with van der Waals surface area (Å²) in [7, 11) is 1.64. The summed E-state index contributed by atoms with van der Waals surface area (Å²) in [5.41, 5.74) is 1.05. The van der Waals surface area contributed by atoms with E-state index in [0.717, 1.165) is 35.5 Å². The molecule has 2 aliphatic rings. The van der Waals surface area contributed by atoms with Crippen LogP contribution < -0.4 is 4.74 Å². The molecule has 1 aromatic rings. The third-order valence-electron chi connectivity index (χ3n) is 4.07. The molecule has 1 aliphatic heterocycles. The highest BCUT2D eigenvalue weighted by atomic mass is 32.2. The molecule has 1 aliphatic carbocycles. The second-order valence-corrected chi connectivity index (χ2v) is 7.36. The van der Waals surface area contributed by atoms with Gasteiger partial charge in [-0.05, 0) is 42.9 Å². The van der Waals surface area contributed by atoms with Crippen molar-refractivity contribution in [1.29, 1.82) is 0 Å². The van der Waals surface area contributed by atoms with Crippen molar-refractivity contribution in [3.8, 4) is 5.75 Å². The van der Waals surface area contributed by atoms with Gasteiger partial charge in [0.05, 0.1) is 18.6 Å². The van der Waals surface area contributed by atoms with E-state index >= 15 is 0 Å². The Morgan fingerprint density at radius 1 is 1.35 bits per heavy atom. The second-order valence-electron chi connectivity index (χ2n) is 5.68. The largest absolute Gasteiger partial charge is 0.497 e. The van der Waals surface area contributed by atoms with Crippen LogP contribution in [0, 0.1) is 5.92 Å². The molecule has 0 aromatic heterocycles. The molecule has 1 saturated heterocycles.